The van der Waals surface area contributed by atoms with Crippen LogP contribution in [0.1, 0.15) is 46.0 Å². The summed E-state index contributed by atoms with van der Waals surface area (Å²) >= 11 is 0. The van der Waals surface area contributed by atoms with Gasteiger partial charge in [-0.25, -0.2) is 4.79 Å². The van der Waals surface area contributed by atoms with E-state index in [2.05, 4.69) is 9.88 Å². The maximum Gasteiger partial charge on any atom is 0.340 e. The maximum atomic E-state index is 13.2. The van der Waals surface area contributed by atoms with Crippen LogP contribution in [-0.4, -0.2) is 78.0 Å². The zero-order chi connectivity index (χ0) is 17.5. The topological polar surface area (TPSA) is 62.4 Å². The van der Waals surface area contributed by atoms with Gasteiger partial charge < -0.3 is 14.2 Å². The minimum absolute atomic E-state index is 0.0840. The molecule has 0 aromatic carbocycles. The van der Waals surface area contributed by atoms with Crippen molar-refractivity contribution in [3.8, 4) is 0 Å². The van der Waals surface area contributed by atoms with Crippen molar-refractivity contribution in [1.82, 2.24) is 9.88 Å². The van der Waals surface area contributed by atoms with Crippen molar-refractivity contribution in [3.05, 3.63) is 22.5 Å². The summed E-state index contributed by atoms with van der Waals surface area (Å²) in [6.45, 7) is 14.2. The number of ether oxygens (including phenoxy) is 1. The minimum Gasteiger partial charge on any atom is -0.462 e. The van der Waals surface area contributed by atoms with Gasteiger partial charge >= 0.3 is 5.97 Å². The Labute approximate surface area is 143 Å². The zero-order valence-corrected chi connectivity index (χ0v) is 15.1. The number of carbonyl (C=O) groups excluding carboxylic acids is 2. The first kappa shape index (κ1) is 17.2. The number of fused-ring (bicyclic) bond motifs is 3. The quantitative estimate of drug-likeness (QED) is 0.504. The molecule has 24 heavy (non-hydrogen) atoms. The SMILES string of the molecule is CCOC(=O)c1c(C)[nH]c(C(=O)[C@@H](C)[N+]23CCN(CC2)CC3)c1C. The molecular weight excluding hydrogens is 306 g/mol. The Bertz CT molecular complexity index is 643. The number of nitrogens with one attached hydrogen (secondary N) is 1. The van der Waals surface area contributed by atoms with Gasteiger partial charge in [0.1, 0.15) is 0 Å². The second-order valence-electron chi connectivity index (χ2n) is 7.12. The third kappa shape index (κ3) is 2.67. The van der Waals surface area contributed by atoms with Crippen LogP contribution in [0.25, 0.3) is 0 Å². The number of hydrogen-bond donors (Lipinski definition) is 1. The summed E-state index contributed by atoms with van der Waals surface area (Å²) < 4.78 is 6.00. The van der Waals surface area contributed by atoms with Crippen LogP contribution < -0.4 is 0 Å². The second-order valence-corrected chi connectivity index (χ2v) is 7.12. The molecule has 4 rings (SSSR count). The van der Waals surface area contributed by atoms with Crippen molar-refractivity contribution >= 4 is 11.8 Å². The molecule has 0 aliphatic carbocycles. The Hall–Kier alpha value is -1.66. The van der Waals surface area contributed by atoms with E-state index in [1.54, 1.807) is 6.92 Å². The Morgan fingerprint density at radius 1 is 1.21 bits per heavy atom. The number of aryl methyl sites for hydroxylation is 1. The highest BCUT2D eigenvalue weighted by atomic mass is 16.5. The number of aromatic amines is 1. The van der Waals surface area contributed by atoms with E-state index < -0.39 is 0 Å². The Kier molecular flexibility index (Phi) is 4.53. The first-order chi connectivity index (χ1) is 11.4. The van der Waals surface area contributed by atoms with E-state index >= 15 is 0 Å². The molecule has 6 nitrogen and oxygen atoms in total. The number of piperazine rings is 3. The van der Waals surface area contributed by atoms with Crippen LogP contribution >= 0.6 is 0 Å². The van der Waals surface area contributed by atoms with Gasteiger partial charge in [0.25, 0.3) is 0 Å². The van der Waals surface area contributed by atoms with E-state index in [0.29, 0.717) is 23.6 Å². The smallest absolute Gasteiger partial charge is 0.340 e. The van der Waals surface area contributed by atoms with Gasteiger partial charge in [0.2, 0.25) is 5.78 Å². The summed E-state index contributed by atoms with van der Waals surface area (Å²) in [5.41, 5.74) is 2.51. The third-order valence-corrected chi connectivity index (χ3v) is 5.95. The van der Waals surface area contributed by atoms with Crippen molar-refractivity contribution < 1.29 is 18.8 Å². The molecule has 0 radical (unpaired) electrons. The number of aromatic nitrogens is 1. The van der Waals surface area contributed by atoms with E-state index in [1.165, 1.54) is 0 Å². The molecule has 2 bridgehead atoms. The number of quaternary nitrogens is 1. The van der Waals surface area contributed by atoms with Crippen molar-refractivity contribution in [3.63, 3.8) is 0 Å². The highest BCUT2D eigenvalue weighted by Crippen LogP contribution is 2.27. The molecule has 3 aliphatic rings. The predicted molar refractivity (Wildman–Crippen MR) is 91.3 cm³/mol. The fourth-order valence-electron chi connectivity index (χ4n) is 4.24. The average Bonchev–Trinajstić information content (AvgIpc) is 2.90. The molecule has 4 heterocycles. The molecule has 1 atom stereocenters. The first-order valence-corrected chi connectivity index (χ1v) is 8.88. The molecule has 1 N–H and O–H groups in total. The van der Waals surface area contributed by atoms with Gasteiger partial charge in [-0.15, -0.1) is 0 Å². The number of rotatable bonds is 5. The molecule has 3 saturated heterocycles. The van der Waals surface area contributed by atoms with Gasteiger partial charge in [-0.3, -0.25) is 9.69 Å². The largest absolute Gasteiger partial charge is 0.462 e. The number of hydrogen-bond acceptors (Lipinski definition) is 4. The molecule has 0 spiro atoms. The lowest BCUT2D eigenvalue weighted by Crippen LogP contribution is -2.71. The summed E-state index contributed by atoms with van der Waals surface area (Å²) in [6.07, 6.45) is 0. The Morgan fingerprint density at radius 3 is 2.33 bits per heavy atom. The number of H-pyrrole nitrogens is 1. The number of nitrogens with zero attached hydrogens (tertiary/aromatic N) is 2. The highest BCUT2D eigenvalue weighted by Gasteiger charge is 2.46. The van der Waals surface area contributed by atoms with Crippen molar-refractivity contribution in [2.24, 2.45) is 0 Å². The fraction of sp³-hybridized carbons (Fsp3) is 0.667. The van der Waals surface area contributed by atoms with Crippen LogP contribution in [0.3, 0.4) is 0 Å². The third-order valence-electron chi connectivity index (χ3n) is 5.95. The maximum absolute atomic E-state index is 13.2. The van der Waals surface area contributed by atoms with Crippen molar-refractivity contribution in [2.75, 3.05) is 45.9 Å². The normalized spacial score (nSPS) is 27.1. The number of ketones is 1. The molecular formula is C18H28N3O3+. The molecule has 6 heteroatoms. The summed E-state index contributed by atoms with van der Waals surface area (Å²) in [5.74, 6) is -0.240. The van der Waals surface area contributed by atoms with E-state index in [9.17, 15) is 9.59 Å². The van der Waals surface area contributed by atoms with E-state index in [-0.39, 0.29) is 17.8 Å². The van der Waals surface area contributed by atoms with Crippen molar-refractivity contribution in [2.45, 2.75) is 33.7 Å². The van der Waals surface area contributed by atoms with Gasteiger partial charge in [-0.2, -0.15) is 0 Å². The lowest BCUT2D eigenvalue weighted by Gasteiger charge is -2.53. The van der Waals surface area contributed by atoms with Gasteiger partial charge in [0, 0.05) is 25.3 Å². The lowest BCUT2D eigenvalue weighted by molar-refractivity contribution is -0.952. The summed E-state index contributed by atoms with van der Waals surface area (Å²) in [7, 11) is 0. The number of carbonyl (C=O) groups is 2. The van der Waals surface area contributed by atoms with Crippen LogP contribution in [-0.2, 0) is 4.74 Å². The zero-order valence-electron chi connectivity index (χ0n) is 15.1. The number of esters is 1. The lowest BCUT2D eigenvalue weighted by atomic mass is 9.99. The summed E-state index contributed by atoms with van der Waals surface area (Å²) in [4.78, 5) is 31.0. The molecule has 3 fully saturated rings. The van der Waals surface area contributed by atoms with Crippen LogP contribution in [0.5, 0.6) is 0 Å². The predicted octanol–water partition coefficient (Wildman–Crippen LogP) is 1.53. The Morgan fingerprint density at radius 2 is 1.79 bits per heavy atom. The van der Waals surface area contributed by atoms with E-state index in [1.807, 2.05) is 20.8 Å². The molecule has 3 aliphatic heterocycles. The van der Waals surface area contributed by atoms with Crippen LogP contribution in [0.15, 0.2) is 0 Å². The fourth-order valence-corrected chi connectivity index (χ4v) is 4.24. The van der Waals surface area contributed by atoms with Crippen molar-refractivity contribution in [1.29, 1.82) is 0 Å². The van der Waals surface area contributed by atoms with Gasteiger partial charge in [-0.05, 0) is 33.3 Å². The van der Waals surface area contributed by atoms with Crippen LogP contribution in [0.4, 0.5) is 0 Å². The van der Waals surface area contributed by atoms with Crippen LogP contribution in [0.2, 0.25) is 0 Å². The van der Waals surface area contributed by atoms with E-state index in [0.717, 1.165) is 49.3 Å². The van der Waals surface area contributed by atoms with Gasteiger partial charge in [0.15, 0.2) is 6.04 Å². The van der Waals surface area contributed by atoms with Crippen LogP contribution in [0, 0.1) is 13.8 Å². The molecule has 1 aromatic heterocycles. The van der Waals surface area contributed by atoms with E-state index in [4.69, 9.17) is 4.74 Å². The molecule has 0 saturated carbocycles. The highest BCUT2D eigenvalue weighted by molar-refractivity contribution is 6.03. The molecule has 132 valence electrons. The monoisotopic (exact) mass is 334 g/mol. The summed E-state index contributed by atoms with van der Waals surface area (Å²) in [6, 6.07) is -0.0840. The van der Waals surface area contributed by atoms with Gasteiger partial charge in [0.05, 0.1) is 37.5 Å². The standard InChI is InChI=1S/C18H27N3O3/c1-5-24-18(23)15-12(2)16(19-13(15)3)17(22)14(4)21-9-6-20(7-10-21)8-11-21/h14H,5-11H2,1-4H3/p+1/t14-/m1/s1. The van der Waals surface area contributed by atoms with Gasteiger partial charge in [-0.1, -0.05) is 0 Å². The minimum atomic E-state index is -0.353. The number of Topliss-reactive ketones (excluding diaryl/α,β-unsaturated/α-hetero) is 1. The molecule has 0 unspecified atom stereocenters. The molecule has 0 amide bonds. The Balaban J connectivity index is 1.87. The second kappa shape index (κ2) is 6.33. The molecule has 1 aromatic rings. The summed E-state index contributed by atoms with van der Waals surface area (Å²) in [5, 5.41) is 0. The first-order valence-electron chi connectivity index (χ1n) is 8.88. The average molecular weight is 334 g/mol.